The molecule has 1 unspecified atom stereocenters. The van der Waals surface area contributed by atoms with Crippen molar-refractivity contribution >= 4 is 11.6 Å². The van der Waals surface area contributed by atoms with E-state index in [1.54, 1.807) is 6.33 Å². The minimum absolute atomic E-state index is 0.187. The first kappa shape index (κ1) is 16.0. The Kier molecular flexibility index (Phi) is 6.23. The first-order valence-electron chi connectivity index (χ1n) is 8.27. The lowest BCUT2D eigenvalue weighted by atomic mass is 10.1. The largest absolute Gasteiger partial charge is 0.394 e. The van der Waals surface area contributed by atoms with Crippen LogP contribution in [0.2, 0.25) is 0 Å². The van der Waals surface area contributed by atoms with Crippen molar-refractivity contribution in [3.63, 3.8) is 0 Å². The molecular formula is C16H28N4O. The van der Waals surface area contributed by atoms with Crippen molar-refractivity contribution in [3.05, 3.63) is 11.9 Å². The summed E-state index contributed by atoms with van der Waals surface area (Å²) < 4.78 is 0. The third kappa shape index (κ3) is 3.84. The molecule has 5 heteroatoms. The van der Waals surface area contributed by atoms with Gasteiger partial charge >= 0.3 is 0 Å². The van der Waals surface area contributed by atoms with Crippen molar-refractivity contribution in [3.8, 4) is 0 Å². The average molecular weight is 292 g/mol. The molecule has 1 aliphatic heterocycles. The van der Waals surface area contributed by atoms with Crippen LogP contribution in [0, 0.1) is 0 Å². The predicted molar refractivity (Wildman–Crippen MR) is 86.9 cm³/mol. The average Bonchev–Trinajstić information content (AvgIpc) is 2.77. The lowest BCUT2D eigenvalue weighted by molar-refractivity contribution is 0.254. The molecule has 2 heterocycles. The van der Waals surface area contributed by atoms with Crippen LogP contribution >= 0.6 is 0 Å². The Morgan fingerprint density at radius 2 is 2.14 bits per heavy atom. The van der Waals surface area contributed by atoms with Crippen LogP contribution in [0.15, 0.2) is 6.33 Å². The smallest absolute Gasteiger partial charge is 0.137 e. The van der Waals surface area contributed by atoms with Gasteiger partial charge in [0.2, 0.25) is 0 Å². The number of nitrogens with one attached hydrogen (secondary N) is 1. The minimum atomic E-state index is 0.187. The molecule has 1 atom stereocenters. The van der Waals surface area contributed by atoms with Crippen LogP contribution in [0.5, 0.6) is 0 Å². The van der Waals surface area contributed by atoms with E-state index >= 15 is 0 Å². The zero-order chi connectivity index (χ0) is 15.1. The van der Waals surface area contributed by atoms with Crippen molar-refractivity contribution in [2.24, 2.45) is 0 Å². The summed E-state index contributed by atoms with van der Waals surface area (Å²) in [6.45, 7) is 6.39. The molecule has 1 aromatic heterocycles. The van der Waals surface area contributed by atoms with Crippen LogP contribution in [0.25, 0.3) is 0 Å². The first-order chi connectivity index (χ1) is 10.3. The summed E-state index contributed by atoms with van der Waals surface area (Å²) >= 11 is 0. The SMILES string of the molecule is CCCNc1ncnc(N2CCCCCC2CO)c1CC. The van der Waals surface area contributed by atoms with E-state index in [4.69, 9.17) is 0 Å². The van der Waals surface area contributed by atoms with E-state index in [1.807, 2.05) is 0 Å². The number of nitrogens with zero attached hydrogens (tertiary/aromatic N) is 3. The van der Waals surface area contributed by atoms with Crippen LogP contribution in [-0.4, -0.2) is 40.8 Å². The molecule has 5 nitrogen and oxygen atoms in total. The highest BCUT2D eigenvalue weighted by atomic mass is 16.3. The van der Waals surface area contributed by atoms with Crippen molar-refractivity contribution in [1.82, 2.24) is 9.97 Å². The van der Waals surface area contributed by atoms with Gasteiger partial charge in [0.15, 0.2) is 0 Å². The third-order valence-electron chi connectivity index (χ3n) is 4.18. The van der Waals surface area contributed by atoms with Crippen LogP contribution < -0.4 is 10.2 Å². The summed E-state index contributed by atoms with van der Waals surface area (Å²) in [6.07, 6.45) is 8.26. The molecule has 1 saturated heterocycles. The highest BCUT2D eigenvalue weighted by Gasteiger charge is 2.24. The maximum absolute atomic E-state index is 9.72. The summed E-state index contributed by atoms with van der Waals surface area (Å²) in [6, 6.07) is 0.187. The van der Waals surface area contributed by atoms with Crippen LogP contribution in [0.1, 0.15) is 51.5 Å². The molecule has 1 aliphatic rings. The fourth-order valence-corrected chi connectivity index (χ4v) is 3.02. The van der Waals surface area contributed by atoms with E-state index in [-0.39, 0.29) is 12.6 Å². The van der Waals surface area contributed by atoms with Gasteiger partial charge in [-0.15, -0.1) is 0 Å². The summed E-state index contributed by atoms with van der Waals surface area (Å²) in [4.78, 5) is 11.2. The van der Waals surface area contributed by atoms with Gasteiger partial charge in [0.1, 0.15) is 18.0 Å². The maximum Gasteiger partial charge on any atom is 0.137 e. The second-order valence-corrected chi connectivity index (χ2v) is 5.68. The Labute approximate surface area is 127 Å². The molecule has 0 saturated carbocycles. The number of aromatic nitrogens is 2. The number of aliphatic hydroxyl groups excluding tert-OH is 1. The molecule has 0 aliphatic carbocycles. The Morgan fingerprint density at radius 3 is 2.86 bits per heavy atom. The second kappa shape index (κ2) is 8.17. The number of hydrogen-bond acceptors (Lipinski definition) is 5. The highest BCUT2D eigenvalue weighted by Crippen LogP contribution is 2.29. The Morgan fingerprint density at radius 1 is 1.29 bits per heavy atom. The molecule has 0 aromatic carbocycles. The van der Waals surface area contributed by atoms with E-state index in [0.29, 0.717) is 0 Å². The van der Waals surface area contributed by atoms with Crippen molar-refractivity contribution in [2.75, 3.05) is 29.9 Å². The standard InChI is InChI=1S/C16H28N4O/c1-3-9-17-15-14(4-2)16(19-12-18-15)20-10-7-5-6-8-13(20)11-21/h12-13,21H,3-11H2,1-2H3,(H,17,18,19). The lowest BCUT2D eigenvalue weighted by Gasteiger charge is -2.31. The quantitative estimate of drug-likeness (QED) is 0.844. The van der Waals surface area contributed by atoms with Crippen molar-refractivity contribution < 1.29 is 5.11 Å². The normalized spacial score (nSPS) is 19.4. The van der Waals surface area contributed by atoms with Gasteiger partial charge in [0.25, 0.3) is 0 Å². The molecule has 2 rings (SSSR count). The molecule has 21 heavy (non-hydrogen) atoms. The minimum Gasteiger partial charge on any atom is -0.394 e. The molecule has 0 bridgehead atoms. The summed E-state index contributed by atoms with van der Waals surface area (Å²) in [5.41, 5.74) is 1.17. The van der Waals surface area contributed by atoms with Crippen molar-refractivity contribution in [1.29, 1.82) is 0 Å². The molecular weight excluding hydrogens is 264 g/mol. The Bertz CT molecular complexity index is 438. The van der Waals surface area contributed by atoms with Gasteiger partial charge in [0.05, 0.1) is 12.6 Å². The van der Waals surface area contributed by atoms with E-state index in [9.17, 15) is 5.11 Å². The predicted octanol–water partition coefficient (Wildman–Crippen LogP) is 2.60. The van der Waals surface area contributed by atoms with Gasteiger partial charge in [-0.1, -0.05) is 26.7 Å². The summed E-state index contributed by atoms with van der Waals surface area (Å²) in [5, 5.41) is 13.1. The Hall–Kier alpha value is -1.36. The Balaban J connectivity index is 2.31. The first-order valence-corrected chi connectivity index (χ1v) is 8.27. The van der Waals surface area contributed by atoms with Crippen LogP contribution in [0.3, 0.4) is 0 Å². The van der Waals surface area contributed by atoms with E-state index in [1.165, 1.54) is 24.8 Å². The second-order valence-electron chi connectivity index (χ2n) is 5.68. The maximum atomic E-state index is 9.72. The van der Waals surface area contributed by atoms with Crippen LogP contribution in [0.4, 0.5) is 11.6 Å². The zero-order valence-corrected chi connectivity index (χ0v) is 13.3. The lowest BCUT2D eigenvalue weighted by Crippen LogP contribution is -2.39. The number of hydrogen-bond donors (Lipinski definition) is 2. The molecule has 0 amide bonds. The van der Waals surface area contributed by atoms with E-state index < -0.39 is 0 Å². The van der Waals surface area contributed by atoms with Gasteiger partial charge in [-0.25, -0.2) is 9.97 Å². The van der Waals surface area contributed by atoms with E-state index in [2.05, 4.69) is 34.0 Å². The van der Waals surface area contributed by atoms with Gasteiger partial charge in [-0.3, -0.25) is 0 Å². The molecule has 1 fully saturated rings. The van der Waals surface area contributed by atoms with Gasteiger partial charge in [-0.2, -0.15) is 0 Å². The summed E-state index contributed by atoms with van der Waals surface area (Å²) in [5.74, 6) is 1.96. The topological polar surface area (TPSA) is 61.3 Å². The fourth-order valence-electron chi connectivity index (χ4n) is 3.02. The van der Waals surface area contributed by atoms with Crippen LogP contribution in [-0.2, 0) is 6.42 Å². The summed E-state index contributed by atoms with van der Waals surface area (Å²) in [7, 11) is 0. The number of rotatable bonds is 6. The number of anilines is 2. The van der Waals surface area contributed by atoms with Gasteiger partial charge in [-0.05, 0) is 25.7 Å². The molecule has 118 valence electrons. The molecule has 0 spiro atoms. The van der Waals surface area contributed by atoms with Crippen molar-refractivity contribution in [2.45, 2.75) is 58.4 Å². The van der Waals surface area contributed by atoms with E-state index in [0.717, 1.165) is 44.0 Å². The molecule has 2 N–H and O–H groups in total. The molecule has 1 aromatic rings. The number of aliphatic hydroxyl groups is 1. The monoisotopic (exact) mass is 292 g/mol. The van der Waals surface area contributed by atoms with Gasteiger partial charge < -0.3 is 15.3 Å². The fraction of sp³-hybridized carbons (Fsp3) is 0.750. The van der Waals surface area contributed by atoms with Gasteiger partial charge in [0, 0.05) is 18.7 Å². The highest BCUT2D eigenvalue weighted by molar-refractivity contribution is 5.59. The third-order valence-corrected chi connectivity index (χ3v) is 4.18. The zero-order valence-electron chi connectivity index (χ0n) is 13.3. The molecule has 0 radical (unpaired) electrons.